The monoisotopic (exact) mass is 455 g/mol. The normalized spacial score (nSPS) is 13.0. The molecule has 0 fully saturated rings. The van der Waals surface area contributed by atoms with Gasteiger partial charge in [0, 0.05) is 15.1 Å². The van der Waals surface area contributed by atoms with Crippen LogP contribution in [0, 0.1) is 0 Å². The third kappa shape index (κ3) is 3.68. The Morgan fingerprint density at radius 2 is 1.61 bits per heavy atom. The van der Waals surface area contributed by atoms with Gasteiger partial charge in [-0.1, -0.05) is 57.9 Å². The zero-order chi connectivity index (χ0) is 19.7. The van der Waals surface area contributed by atoms with Crippen molar-refractivity contribution in [2.75, 3.05) is 0 Å². The van der Waals surface area contributed by atoms with E-state index in [0.29, 0.717) is 28.5 Å². The molecule has 0 saturated carbocycles. The van der Waals surface area contributed by atoms with Crippen LogP contribution >= 0.6 is 27.5 Å². The summed E-state index contributed by atoms with van der Waals surface area (Å²) in [7, 11) is 0. The van der Waals surface area contributed by atoms with E-state index in [2.05, 4.69) is 15.9 Å². The molecule has 28 heavy (non-hydrogen) atoms. The first kappa shape index (κ1) is 18.7. The summed E-state index contributed by atoms with van der Waals surface area (Å²) < 4.78 is 6.75. The summed E-state index contributed by atoms with van der Waals surface area (Å²) in [6, 6.07) is 19.8. The lowest BCUT2D eigenvalue weighted by Crippen LogP contribution is -2.29. The van der Waals surface area contributed by atoms with Crippen molar-refractivity contribution in [2.24, 2.45) is 0 Å². The van der Waals surface area contributed by atoms with Crippen molar-refractivity contribution in [2.45, 2.75) is 13.2 Å². The number of rotatable bonds is 5. The number of ether oxygens (including phenoxy) is 1. The van der Waals surface area contributed by atoms with E-state index in [1.165, 1.54) is 4.90 Å². The molecular formula is C22H15BrClNO3. The van der Waals surface area contributed by atoms with Gasteiger partial charge in [-0.15, -0.1) is 0 Å². The minimum atomic E-state index is -0.267. The van der Waals surface area contributed by atoms with Crippen LogP contribution in [0.3, 0.4) is 0 Å². The van der Waals surface area contributed by atoms with Crippen molar-refractivity contribution in [3.8, 4) is 5.75 Å². The highest BCUT2D eigenvalue weighted by Gasteiger charge is 2.34. The Balaban J connectivity index is 1.47. The van der Waals surface area contributed by atoms with Gasteiger partial charge in [0.15, 0.2) is 0 Å². The Kier molecular flexibility index (Phi) is 5.20. The molecule has 0 aromatic heterocycles. The maximum atomic E-state index is 12.5. The molecule has 0 bridgehead atoms. The highest BCUT2D eigenvalue weighted by atomic mass is 79.9. The van der Waals surface area contributed by atoms with E-state index >= 15 is 0 Å². The molecule has 1 heterocycles. The molecule has 4 nitrogen and oxygen atoms in total. The number of fused-ring (bicyclic) bond motifs is 1. The topological polar surface area (TPSA) is 46.6 Å². The van der Waals surface area contributed by atoms with Crippen LogP contribution in [-0.4, -0.2) is 16.7 Å². The number of amides is 2. The number of hydrogen-bond acceptors (Lipinski definition) is 3. The van der Waals surface area contributed by atoms with Crippen LogP contribution in [0.4, 0.5) is 0 Å². The summed E-state index contributed by atoms with van der Waals surface area (Å²) in [5, 5.41) is 0.651. The largest absolute Gasteiger partial charge is 0.489 e. The number of hydrogen-bond donors (Lipinski definition) is 0. The molecule has 3 aromatic rings. The summed E-state index contributed by atoms with van der Waals surface area (Å²) in [5.74, 6) is 0.130. The lowest BCUT2D eigenvalue weighted by Gasteiger charge is -2.15. The maximum absolute atomic E-state index is 12.5. The van der Waals surface area contributed by atoms with Gasteiger partial charge in [0.1, 0.15) is 12.4 Å². The van der Waals surface area contributed by atoms with E-state index in [4.69, 9.17) is 16.3 Å². The van der Waals surface area contributed by atoms with Crippen LogP contribution in [0.1, 0.15) is 31.8 Å². The molecule has 0 radical (unpaired) electrons. The molecule has 1 aliphatic rings. The summed E-state index contributed by atoms with van der Waals surface area (Å²) in [5.41, 5.74) is 2.69. The molecule has 0 N–H and O–H groups in total. The predicted octanol–water partition coefficient (Wildman–Crippen LogP) is 5.48. The summed E-state index contributed by atoms with van der Waals surface area (Å²) in [6.45, 7) is 0.572. The second-order valence-corrected chi connectivity index (χ2v) is 7.70. The van der Waals surface area contributed by atoms with Crippen LogP contribution in [0.2, 0.25) is 5.02 Å². The number of benzene rings is 3. The molecule has 2 amide bonds. The third-order valence-electron chi connectivity index (χ3n) is 4.53. The van der Waals surface area contributed by atoms with E-state index in [0.717, 1.165) is 15.6 Å². The fourth-order valence-corrected chi connectivity index (χ4v) is 3.90. The van der Waals surface area contributed by atoms with E-state index < -0.39 is 0 Å². The quantitative estimate of drug-likeness (QED) is 0.478. The first-order valence-electron chi connectivity index (χ1n) is 8.64. The van der Waals surface area contributed by atoms with E-state index in [1.807, 2.05) is 42.5 Å². The Morgan fingerprint density at radius 3 is 2.29 bits per heavy atom. The van der Waals surface area contributed by atoms with Gasteiger partial charge >= 0.3 is 0 Å². The molecule has 140 valence electrons. The number of nitrogens with zero attached hydrogens (tertiary/aromatic N) is 1. The zero-order valence-corrected chi connectivity index (χ0v) is 17.0. The van der Waals surface area contributed by atoms with Crippen LogP contribution < -0.4 is 4.74 Å². The van der Waals surface area contributed by atoms with Crippen molar-refractivity contribution >= 4 is 39.3 Å². The van der Waals surface area contributed by atoms with Gasteiger partial charge in [-0.05, 0) is 42.0 Å². The lowest BCUT2D eigenvalue weighted by molar-refractivity contribution is 0.0642. The second kappa shape index (κ2) is 7.78. The SMILES string of the molecule is O=C1c2ccccc2C(=O)N1Cc1cccc(OCc2ccc(Cl)cc2Br)c1. The minimum Gasteiger partial charge on any atom is -0.489 e. The predicted molar refractivity (Wildman–Crippen MR) is 111 cm³/mol. The standard InChI is InChI=1S/C22H15BrClNO3/c23-20-11-16(24)9-8-15(20)13-28-17-5-3-4-14(10-17)12-25-21(26)18-6-1-2-7-19(18)22(25)27/h1-11H,12-13H2. The molecule has 6 heteroatoms. The van der Waals surface area contributed by atoms with Gasteiger partial charge in [0.2, 0.25) is 0 Å². The molecule has 0 spiro atoms. The third-order valence-corrected chi connectivity index (χ3v) is 5.50. The van der Waals surface area contributed by atoms with Gasteiger partial charge in [-0.2, -0.15) is 0 Å². The first-order valence-corrected chi connectivity index (χ1v) is 9.81. The Labute approximate surface area is 175 Å². The van der Waals surface area contributed by atoms with Crippen molar-refractivity contribution in [3.63, 3.8) is 0 Å². The van der Waals surface area contributed by atoms with Crippen LogP contribution in [0.15, 0.2) is 71.2 Å². The Bertz CT molecular complexity index is 1050. The van der Waals surface area contributed by atoms with Crippen LogP contribution in [0.5, 0.6) is 5.75 Å². The number of imide groups is 1. The second-order valence-electron chi connectivity index (χ2n) is 6.41. The summed E-state index contributed by atoms with van der Waals surface area (Å²) in [6.07, 6.45) is 0. The van der Waals surface area contributed by atoms with Crippen LogP contribution in [0.25, 0.3) is 0 Å². The van der Waals surface area contributed by atoms with Gasteiger partial charge in [0.05, 0.1) is 17.7 Å². The average Bonchev–Trinajstić information content (AvgIpc) is 2.93. The fraction of sp³-hybridized carbons (Fsp3) is 0.0909. The molecular weight excluding hydrogens is 442 g/mol. The molecule has 0 saturated heterocycles. The minimum absolute atomic E-state index is 0.203. The van der Waals surface area contributed by atoms with Gasteiger partial charge in [-0.25, -0.2) is 0 Å². The van der Waals surface area contributed by atoms with Crippen molar-refractivity contribution in [1.82, 2.24) is 4.90 Å². The zero-order valence-electron chi connectivity index (χ0n) is 14.7. The van der Waals surface area contributed by atoms with Gasteiger partial charge in [0.25, 0.3) is 11.8 Å². The van der Waals surface area contributed by atoms with E-state index in [-0.39, 0.29) is 18.4 Å². The summed E-state index contributed by atoms with van der Waals surface area (Å²) in [4.78, 5) is 26.3. The molecule has 3 aromatic carbocycles. The van der Waals surface area contributed by atoms with Crippen molar-refractivity contribution < 1.29 is 14.3 Å². The first-order chi connectivity index (χ1) is 13.5. The van der Waals surface area contributed by atoms with Crippen molar-refractivity contribution in [1.29, 1.82) is 0 Å². The summed E-state index contributed by atoms with van der Waals surface area (Å²) >= 11 is 9.44. The maximum Gasteiger partial charge on any atom is 0.261 e. The van der Waals surface area contributed by atoms with Crippen LogP contribution in [-0.2, 0) is 13.2 Å². The Hall–Kier alpha value is -2.63. The molecule has 0 atom stereocenters. The number of halogens is 2. The fourth-order valence-electron chi connectivity index (χ4n) is 3.10. The molecule has 0 unspecified atom stereocenters. The molecule has 0 aliphatic carbocycles. The van der Waals surface area contributed by atoms with E-state index in [1.54, 1.807) is 24.3 Å². The van der Waals surface area contributed by atoms with Gasteiger partial charge < -0.3 is 4.74 Å². The van der Waals surface area contributed by atoms with Gasteiger partial charge in [-0.3, -0.25) is 14.5 Å². The smallest absolute Gasteiger partial charge is 0.261 e. The van der Waals surface area contributed by atoms with E-state index in [9.17, 15) is 9.59 Å². The highest BCUT2D eigenvalue weighted by Crippen LogP contribution is 2.26. The Morgan fingerprint density at radius 1 is 0.893 bits per heavy atom. The average molecular weight is 457 g/mol. The van der Waals surface area contributed by atoms with Crippen molar-refractivity contribution in [3.05, 3.63) is 98.5 Å². The molecule has 1 aliphatic heterocycles. The lowest BCUT2D eigenvalue weighted by atomic mass is 10.1. The molecule has 4 rings (SSSR count). The number of carbonyl (C=O) groups is 2. The highest BCUT2D eigenvalue weighted by molar-refractivity contribution is 9.10. The number of carbonyl (C=O) groups excluding carboxylic acids is 2.